The molecule has 0 saturated heterocycles. The number of hydrogen-bond acceptors (Lipinski definition) is 3. The average Bonchev–Trinajstić information content (AvgIpc) is 2.37. The van der Waals surface area contributed by atoms with Gasteiger partial charge in [0.05, 0.1) is 25.7 Å². The number of aliphatic hydroxyl groups excluding tert-OH is 2. The van der Waals surface area contributed by atoms with E-state index >= 15 is 0 Å². The Kier molecular flexibility index (Phi) is 22.5. The largest absolute Gasteiger partial charge is 0.473 e. The third-order valence-corrected chi connectivity index (χ3v) is 1.90. The van der Waals surface area contributed by atoms with E-state index in [0.29, 0.717) is 0 Å². The molecule has 0 rings (SSSR count). The molecule has 0 saturated carbocycles. The van der Waals surface area contributed by atoms with Gasteiger partial charge in [0.2, 0.25) is 0 Å². The van der Waals surface area contributed by atoms with E-state index in [2.05, 4.69) is 26.0 Å². The van der Waals surface area contributed by atoms with Gasteiger partial charge >= 0.3 is 0 Å². The van der Waals surface area contributed by atoms with Gasteiger partial charge in [0.25, 0.3) is 0 Å². The van der Waals surface area contributed by atoms with Crippen LogP contribution in [0.4, 0.5) is 0 Å². The highest BCUT2D eigenvalue weighted by Gasteiger charge is 1.78. The van der Waals surface area contributed by atoms with Gasteiger partial charge in [-0.3, -0.25) is 0 Å². The Morgan fingerprint density at radius 1 is 0.824 bits per heavy atom. The number of allylic oxidation sites excluding steroid dienone is 2. The van der Waals surface area contributed by atoms with Crippen LogP contribution in [0.1, 0.15) is 52.4 Å². The number of rotatable bonds is 9. The lowest BCUT2D eigenvalue weighted by Gasteiger charge is -1.91. The van der Waals surface area contributed by atoms with Gasteiger partial charge in [0.1, 0.15) is 0 Å². The fourth-order valence-corrected chi connectivity index (χ4v) is 0.937. The normalized spacial score (nSPS) is 10.6. The molecule has 0 aromatic heterocycles. The maximum atomic E-state index is 7.62. The SMILES string of the molecule is CCCCC=COC=CCCCC.OCCO. The van der Waals surface area contributed by atoms with Gasteiger partial charge in [0.15, 0.2) is 0 Å². The highest BCUT2D eigenvalue weighted by atomic mass is 16.5. The van der Waals surface area contributed by atoms with Gasteiger partial charge in [-0.15, -0.1) is 0 Å². The molecular weight excluding hydrogens is 216 g/mol. The third-order valence-electron chi connectivity index (χ3n) is 1.90. The molecule has 2 N–H and O–H groups in total. The zero-order valence-corrected chi connectivity index (χ0v) is 11.3. The fraction of sp³-hybridized carbons (Fsp3) is 0.714. The lowest BCUT2D eigenvalue weighted by molar-refractivity contribution is 0.186. The Labute approximate surface area is 106 Å². The average molecular weight is 244 g/mol. The number of unbranched alkanes of at least 4 members (excludes halogenated alkanes) is 4. The summed E-state index contributed by atoms with van der Waals surface area (Å²) >= 11 is 0. The lowest BCUT2D eigenvalue weighted by atomic mass is 10.2. The first kappa shape index (κ1) is 18.6. The number of aliphatic hydroxyl groups is 2. The van der Waals surface area contributed by atoms with Crippen molar-refractivity contribution >= 4 is 0 Å². The molecule has 102 valence electrons. The van der Waals surface area contributed by atoms with Crippen LogP contribution in [0.5, 0.6) is 0 Å². The molecule has 17 heavy (non-hydrogen) atoms. The van der Waals surface area contributed by atoms with Crippen LogP contribution in [0.25, 0.3) is 0 Å². The van der Waals surface area contributed by atoms with Crippen molar-refractivity contribution in [3.8, 4) is 0 Å². The molecule has 0 heterocycles. The van der Waals surface area contributed by atoms with Crippen LogP contribution in [0, 0.1) is 0 Å². The van der Waals surface area contributed by atoms with Gasteiger partial charge < -0.3 is 14.9 Å². The van der Waals surface area contributed by atoms with E-state index < -0.39 is 0 Å². The van der Waals surface area contributed by atoms with Crippen LogP contribution < -0.4 is 0 Å². The monoisotopic (exact) mass is 244 g/mol. The smallest absolute Gasteiger partial charge is 0.0861 e. The maximum absolute atomic E-state index is 7.62. The zero-order valence-electron chi connectivity index (χ0n) is 11.3. The van der Waals surface area contributed by atoms with E-state index in [-0.39, 0.29) is 13.2 Å². The van der Waals surface area contributed by atoms with E-state index in [9.17, 15) is 0 Å². The third kappa shape index (κ3) is 25.5. The van der Waals surface area contributed by atoms with Gasteiger partial charge in [-0.25, -0.2) is 0 Å². The van der Waals surface area contributed by atoms with Gasteiger partial charge in [0, 0.05) is 0 Å². The van der Waals surface area contributed by atoms with Crippen LogP contribution >= 0.6 is 0 Å². The Balaban J connectivity index is 0. The van der Waals surface area contributed by atoms with E-state index in [0.717, 1.165) is 12.8 Å². The summed E-state index contributed by atoms with van der Waals surface area (Å²) < 4.78 is 5.17. The summed E-state index contributed by atoms with van der Waals surface area (Å²) in [5.74, 6) is 0. The molecule has 0 atom stereocenters. The van der Waals surface area contributed by atoms with Crippen molar-refractivity contribution in [3.63, 3.8) is 0 Å². The standard InChI is InChI=1S/C12H22O.C2H6O2/c1-3-5-7-9-11-13-12-10-8-6-4-2;3-1-2-4/h9-12H,3-8H2,1-2H3;3-4H,1-2H2. The number of ether oxygens (including phenoxy) is 1. The molecule has 3 heteroatoms. The summed E-state index contributed by atoms with van der Waals surface area (Å²) in [6.07, 6.45) is 14.9. The van der Waals surface area contributed by atoms with Gasteiger partial charge in [-0.1, -0.05) is 26.7 Å². The van der Waals surface area contributed by atoms with Gasteiger partial charge in [-0.2, -0.15) is 0 Å². The van der Waals surface area contributed by atoms with E-state index in [1.165, 1.54) is 25.7 Å². The summed E-state index contributed by atoms with van der Waals surface area (Å²) in [7, 11) is 0. The van der Waals surface area contributed by atoms with Crippen LogP contribution in [0.2, 0.25) is 0 Å². The molecule has 0 amide bonds. The Hall–Kier alpha value is -0.800. The summed E-state index contributed by atoms with van der Waals surface area (Å²) in [5, 5.41) is 15.2. The van der Waals surface area contributed by atoms with Crippen molar-refractivity contribution in [2.75, 3.05) is 13.2 Å². The predicted molar refractivity (Wildman–Crippen MR) is 72.6 cm³/mol. The second-order valence-corrected chi connectivity index (χ2v) is 3.61. The second-order valence-electron chi connectivity index (χ2n) is 3.61. The van der Waals surface area contributed by atoms with E-state index in [1.54, 1.807) is 12.5 Å². The molecule has 0 aliphatic rings. The molecule has 0 aromatic rings. The molecule has 0 fully saturated rings. The maximum Gasteiger partial charge on any atom is 0.0861 e. The quantitative estimate of drug-likeness (QED) is 0.483. The Bertz CT molecular complexity index is 147. The fourth-order valence-electron chi connectivity index (χ4n) is 0.937. The molecule has 0 spiro atoms. The molecule has 0 aromatic carbocycles. The van der Waals surface area contributed by atoms with Gasteiger partial charge in [-0.05, 0) is 37.8 Å². The first-order valence-electron chi connectivity index (χ1n) is 6.50. The summed E-state index contributed by atoms with van der Waals surface area (Å²) in [6, 6.07) is 0. The molecule has 0 aliphatic carbocycles. The van der Waals surface area contributed by atoms with Crippen molar-refractivity contribution < 1.29 is 14.9 Å². The minimum absolute atomic E-state index is 0.125. The highest BCUT2D eigenvalue weighted by molar-refractivity contribution is 4.79. The first-order valence-corrected chi connectivity index (χ1v) is 6.50. The molecule has 3 nitrogen and oxygen atoms in total. The van der Waals surface area contributed by atoms with Crippen LogP contribution in [-0.2, 0) is 4.74 Å². The van der Waals surface area contributed by atoms with Crippen molar-refractivity contribution in [3.05, 3.63) is 24.7 Å². The van der Waals surface area contributed by atoms with Crippen molar-refractivity contribution in [2.45, 2.75) is 52.4 Å². The Morgan fingerprint density at radius 3 is 1.53 bits per heavy atom. The second kappa shape index (κ2) is 20.6. The number of hydrogen-bond donors (Lipinski definition) is 2. The van der Waals surface area contributed by atoms with Crippen LogP contribution in [-0.4, -0.2) is 23.4 Å². The summed E-state index contributed by atoms with van der Waals surface area (Å²) in [6.45, 7) is 4.14. The van der Waals surface area contributed by atoms with Crippen LogP contribution in [0.3, 0.4) is 0 Å². The van der Waals surface area contributed by atoms with E-state index in [4.69, 9.17) is 14.9 Å². The van der Waals surface area contributed by atoms with Crippen molar-refractivity contribution in [1.82, 2.24) is 0 Å². The highest BCUT2D eigenvalue weighted by Crippen LogP contribution is 1.97. The minimum atomic E-state index is -0.125. The minimum Gasteiger partial charge on any atom is -0.473 e. The topological polar surface area (TPSA) is 49.7 Å². The molecule has 0 radical (unpaired) electrons. The zero-order chi connectivity index (χ0) is 13.2. The lowest BCUT2D eigenvalue weighted by Crippen LogP contribution is -1.85. The summed E-state index contributed by atoms with van der Waals surface area (Å²) in [4.78, 5) is 0. The molecule has 0 aliphatic heterocycles. The van der Waals surface area contributed by atoms with Crippen molar-refractivity contribution in [1.29, 1.82) is 0 Å². The summed E-state index contributed by atoms with van der Waals surface area (Å²) in [5.41, 5.74) is 0. The van der Waals surface area contributed by atoms with Crippen molar-refractivity contribution in [2.24, 2.45) is 0 Å². The predicted octanol–water partition coefficient (Wildman–Crippen LogP) is 3.38. The van der Waals surface area contributed by atoms with Crippen LogP contribution in [0.15, 0.2) is 24.7 Å². The molecular formula is C14H28O3. The Morgan fingerprint density at radius 2 is 1.24 bits per heavy atom. The van der Waals surface area contributed by atoms with E-state index in [1.807, 2.05) is 0 Å². The first-order chi connectivity index (χ1) is 8.33. The molecule has 0 unspecified atom stereocenters. The molecule has 0 bridgehead atoms.